The van der Waals surface area contributed by atoms with Crippen molar-refractivity contribution in [2.45, 2.75) is 18.5 Å². The molecule has 23 heavy (non-hydrogen) atoms. The number of amides is 2. The summed E-state index contributed by atoms with van der Waals surface area (Å²) in [6, 6.07) is 7.61. The molecule has 1 atom stereocenters. The lowest BCUT2D eigenvalue weighted by Crippen LogP contribution is -2.48. The Kier molecular flexibility index (Phi) is 2.94. The molecule has 1 N–H and O–H groups in total. The Morgan fingerprint density at radius 3 is 2.70 bits per heavy atom. The largest absolute Gasteiger partial charge is 0.354 e. The van der Waals surface area contributed by atoms with Crippen LogP contribution in [-0.2, 0) is 16.9 Å². The third-order valence-electron chi connectivity index (χ3n) is 4.60. The number of hydrogen-bond acceptors (Lipinski definition) is 3. The van der Waals surface area contributed by atoms with Gasteiger partial charge in [0, 0.05) is 43.0 Å². The van der Waals surface area contributed by atoms with Crippen molar-refractivity contribution >= 4 is 11.8 Å². The number of pyridine rings is 1. The minimum Gasteiger partial charge on any atom is -0.354 e. The van der Waals surface area contributed by atoms with Crippen LogP contribution in [0, 0.1) is 5.82 Å². The lowest BCUT2D eigenvalue weighted by atomic mass is 9.89. The first-order valence-electron chi connectivity index (χ1n) is 7.42. The van der Waals surface area contributed by atoms with Gasteiger partial charge in [-0.1, -0.05) is 12.1 Å². The summed E-state index contributed by atoms with van der Waals surface area (Å²) in [7, 11) is 0. The van der Waals surface area contributed by atoms with E-state index < -0.39 is 5.54 Å². The molecule has 1 saturated heterocycles. The average Bonchev–Trinajstić information content (AvgIpc) is 3.05. The number of halogens is 1. The maximum atomic E-state index is 13.1. The SMILES string of the molecule is O=C1c2ccncc2C2(CCNC2=O)N1Cc1ccc(F)cc1. The monoisotopic (exact) mass is 311 g/mol. The first-order valence-corrected chi connectivity index (χ1v) is 7.42. The fourth-order valence-corrected chi connectivity index (χ4v) is 3.49. The van der Waals surface area contributed by atoms with Crippen molar-refractivity contribution in [3.05, 3.63) is 65.2 Å². The summed E-state index contributed by atoms with van der Waals surface area (Å²) in [5.41, 5.74) is 0.940. The van der Waals surface area contributed by atoms with Gasteiger partial charge in [-0.05, 0) is 23.8 Å². The van der Waals surface area contributed by atoms with Crippen LogP contribution in [0.3, 0.4) is 0 Å². The van der Waals surface area contributed by atoms with Crippen LogP contribution in [0.25, 0.3) is 0 Å². The maximum absolute atomic E-state index is 13.1. The van der Waals surface area contributed by atoms with E-state index >= 15 is 0 Å². The maximum Gasteiger partial charge on any atom is 0.255 e. The Bertz CT molecular complexity index is 806. The van der Waals surface area contributed by atoms with Gasteiger partial charge in [0.1, 0.15) is 5.82 Å². The quantitative estimate of drug-likeness (QED) is 0.916. The highest BCUT2D eigenvalue weighted by Crippen LogP contribution is 2.44. The van der Waals surface area contributed by atoms with E-state index in [0.717, 1.165) is 5.56 Å². The van der Waals surface area contributed by atoms with Crippen molar-refractivity contribution in [2.24, 2.45) is 0 Å². The molecule has 0 saturated carbocycles. The third-order valence-corrected chi connectivity index (χ3v) is 4.60. The second-order valence-electron chi connectivity index (χ2n) is 5.81. The minimum atomic E-state index is -1.00. The van der Waals surface area contributed by atoms with Gasteiger partial charge in [0.05, 0.1) is 0 Å². The van der Waals surface area contributed by atoms with E-state index in [1.807, 2.05) is 0 Å². The third kappa shape index (κ3) is 1.87. The number of fused-ring (bicyclic) bond motifs is 2. The Balaban J connectivity index is 1.80. The van der Waals surface area contributed by atoms with Crippen LogP contribution in [0.2, 0.25) is 0 Å². The van der Waals surface area contributed by atoms with Crippen LogP contribution in [0.5, 0.6) is 0 Å². The minimum absolute atomic E-state index is 0.181. The lowest BCUT2D eigenvalue weighted by Gasteiger charge is -2.33. The molecule has 1 unspecified atom stereocenters. The number of nitrogens with zero attached hydrogens (tertiary/aromatic N) is 2. The van der Waals surface area contributed by atoms with Gasteiger partial charge in [-0.15, -0.1) is 0 Å². The van der Waals surface area contributed by atoms with Crippen LogP contribution < -0.4 is 5.32 Å². The molecular weight excluding hydrogens is 297 g/mol. The molecule has 5 nitrogen and oxygen atoms in total. The highest BCUT2D eigenvalue weighted by molar-refractivity contribution is 6.07. The zero-order valence-electron chi connectivity index (χ0n) is 12.3. The van der Waals surface area contributed by atoms with Gasteiger partial charge in [-0.25, -0.2) is 4.39 Å². The van der Waals surface area contributed by atoms with Gasteiger partial charge in [-0.2, -0.15) is 0 Å². The van der Waals surface area contributed by atoms with E-state index in [1.54, 1.807) is 35.5 Å². The molecule has 0 radical (unpaired) electrons. The van der Waals surface area contributed by atoms with Crippen LogP contribution in [0.1, 0.15) is 27.9 Å². The van der Waals surface area contributed by atoms with E-state index in [2.05, 4.69) is 10.3 Å². The fourth-order valence-electron chi connectivity index (χ4n) is 3.49. The number of hydrogen-bond donors (Lipinski definition) is 1. The zero-order chi connectivity index (χ0) is 16.0. The number of benzene rings is 1. The van der Waals surface area contributed by atoms with Crippen molar-refractivity contribution in [1.82, 2.24) is 15.2 Å². The molecule has 3 heterocycles. The number of carbonyl (C=O) groups excluding carboxylic acids is 2. The van der Waals surface area contributed by atoms with E-state index in [1.165, 1.54) is 12.1 Å². The number of nitrogens with one attached hydrogen (secondary N) is 1. The van der Waals surface area contributed by atoms with Gasteiger partial charge in [0.15, 0.2) is 5.54 Å². The van der Waals surface area contributed by atoms with Crippen molar-refractivity contribution in [3.8, 4) is 0 Å². The summed E-state index contributed by atoms with van der Waals surface area (Å²) in [4.78, 5) is 31.1. The van der Waals surface area contributed by atoms with Gasteiger partial charge in [-0.3, -0.25) is 14.6 Å². The molecule has 2 amide bonds. The number of aromatic nitrogens is 1. The van der Waals surface area contributed by atoms with Gasteiger partial charge in [0.25, 0.3) is 11.8 Å². The summed E-state index contributed by atoms with van der Waals surface area (Å²) in [5, 5.41) is 2.82. The Morgan fingerprint density at radius 1 is 1.22 bits per heavy atom. The predicted octanol–water partition coefficient (Wildman–Crippen LogP) is 1.59. The Hall–Kier alpha value is -2.76. The molecule has 0 aliphatic carbocycles. The second kappa shape index (κ2) is 4.87. The molecule has 2 aliphatic heterocycles. The molecule has 2 aliphatic rings. The van der Waals surface area contributed by atoms with E-state index in [0.29, 0.717) is 24.1 Å². The van der Waals surface area contributed by atoms with Gasteiger partial charge >= 0.3 is 0 Å². The Labute approximate surface area is 132 Å². The highest BCUT2D eigenvalue weighted by Gasteiger charge is 2.57. The molecule has 4 rings (SSSR count). The van der Waals surface area contributed by atoms with Crippen LogP contribution in [0.4, 0.5) is 4.39 Å². The standard InChI is InChI=1S/C17H14FN3O2/c18-12-3-1-11(2-4-12)10-21-15(22)13-5-7-19-9-14(13)17(21)6-8-20-16(17)23/h1-5,7,9H,6,8,10H2,(H,20,23). The molecule has 6 heteroatoms. The molecule has 0 bridgehead atoms. The fraction of sp³-hybridized carbons (Fsp3) is 0.235. The summed E-state index contributed by atoms with van der Waals surface area (Å²) in [5.74, 6) is -0.703. The normalized spacial score (nSPS) is 22.6. The topological polar surface area (TPSA) is 62.3 Å². The van der Waals surface area contributed by atoms with Crippen LogP contribution in [-0.4, -0.2) is 28.2 Å². The number of rotatable bonds is 2. The smallest absolute Gasteiger partial charge is 0.255 e. The van der Waals surface area contributed by atoms with Crippen molar-refractivity contribution in [2.75, 3.05) is 6.54 Å². The van der Waals surface area contributed by atoms with Crippen molar-refractivity contribution in [1.29, 1.82) is 0 Å². The summed E-state index contributed by atoms with van der Waals surface area (Å²) < 4.78 is 13.1. The first kappa shape index (κ1) is 13.9. The average molecular weight is 311 g/mol. The molecule has 1 fully saturated rings. The van der Waals surface area contributed by atoms with Crippen molar-refractivity contribution in [3.63, 3.8) is 0 Å². The first-order chi connectivity index (χ1) is 11.1. The van der Waals surface area contributed by atoms with E-state index in [4.69, 9.17) is 0 Å². The predicted molar refractivity (Wildman–Crippen MR) is 79.8 cm³/mol. The zero-order valence-corrected chi connectivity index (χ0v) is 12.3. The summed E-state index contributed by atoms with van der Waals surface area (Å²) in [6.07, 6.45) is 3.67. The Morgan fingerprint density at radius 2 is 2.00 bits per heavy atom. The molecule has 2 aromatic rings. The molecule has 1 aromatic heterocycles. The van der Waals surface area contributed by atoms with Crippen LogP contribution >= 0.6 is 0 Å². The molecule has 1 spiro atoms. The van der Waals surface area contributed by atoms with Crippen LogP contribution in [0.15, 0.2) is 42.7 Å². The summed E-state index contributed by atoms with van der Waals surface area (Å²) >= 11 is 0. The van der Waals surface area contributed by atoms with Gasteiger partial charge < -0.3 is 10.2 Å². The molecule has 1 aromatic carbocycles. The van der Waals surface area contributed by atoms with Crippen molar-refractivity contribution < 1.29 is 14.0 Å². The molecule has 116 valence electrons. The lowest BCUT2D eigenvalue weighted by molar-refractivity contribution is -0.128. The molecular formula is C17H14FN3O2. The summed E-state index contributed by atoms with van der Waals surface area (Å²) in [6.45, 7) is 0.765. The van der Waals surface area contributed by atoms with Gasteiger partial charge in [0.2, 0.25) is 0 Å². The van der Waals surface area contributed by atoms with E-state index in [-0.39, 0.29) is 24.2 Å². The van der Waals surface area contributed by atoms with E-state index in [9.17, 15) is 14.0 Å². The second-order valence-corrected chi connectivity index (χ2v) is 5.81. The highest BCUT2D eigenvalue weighted by atomic mass is 19.1. The number of carbonyl (C=O) groups is 2.